The van der Waals surface area contributed by atoms with Crippen LogP contribution in [0.2, 0.25) is 5.02 Å². The summed E-state index contributed by atoms with van der Waals surface area (Å²) in [6, 6.07) is 1.58. The minimum absolute atomic E-state index is 0.0116. The molecule has 1 aromatic heterocycles. The number of nitrogens with zero attached hydrogens (tertiary/aromatic N) is 1. The van der Waals surface area contributed by atoms with Gasteiger partial charge in [0.1, 0.15) is 5.02 Å². The summed E-state index contributed by atoms with van der Waals surface area (Å²) >= 11 is 10.9. The molecule has 1 heterocycles. The fourth-order valence-electron chi connectivity index (χ4n) is 0.558. The van der Waals surface area contributed by atoms with Gasteiger partial charge in [-0.1, -0.05) is 11.6 Å². The predicted octanol–water partition coefficient (Wildman–Crippen LogP) is 2.61. The highest BCUT2D eigenvalue weighted by atomic mass is 35.5. The Balaban J connectivity index is 3.14. The molecule has 0 N–H and O–H groups in total. The van der Waals surface area contributed by atoms with Gasteiger partial charge in [-0.05, 0) is 11.6 Å². The van der Waals surface area contributed by atoms with E-state index in [9.17, 15) is 4.39 Å². The maximum atomic E-state index is 12.5. The zero-order valence-electron chi connectivity index (χ0n) is 4.94. The molecule has 1 rings (SSSR count). The lowest BCUT2D eigenvalue weighted by molar-refractivity contribution is 0.583. The number of rotatable bonds is 1. The standard InChI is InChI=1S/C6H4Cl2FN/c7-3-4-1-2-10-6(9)5(4)8/h1-2H,3H2. The summed E-state index contributed by atoms with van der Waals surface area (Å²) in [5.74, 6) is -0.460. The van der Waals surface area contributed by atoms with Crippen molar-refractivity contribution in [3.63, 3.8) is 0 Å². The second kappa shape index (κ2) is 3.17. The van der Waals surface area contributed by atoms with Crippen molar-refractivity contribution in [2.75, 3.05) is 0 Å². The summed E-state index contributed by atoms with van der Waals surface area (Å²) in [5, 5.41) is 0.0116. The van der Waals surface area contributed by atoms with Crippen molar-refractivity contribution in [2.24, 2.45) is 0 Å². The van der Waals surface area contributed by atoms with Gasteiger partial charge in [-0.2, -0.15) is 4.39 Å². The van der Waals surface area contributed by atoms with Crippen molar-refractivity contribution in [2.45, 2.75) is 5.88 Å². The van der Waals surface area contributed by atoms with Gasteiger partial charge in [0.15, 0.2) is 0 Å². The molecule has 4 heteroatoms. The summed E-state index contributed by atoms with van der Waals surface area (Å²) < 4.78 is 12.5. The highest BCUT2D eigenvalue weighted by Gasteiger charge is 2.04. The molecule has 1 aromatic rings. The Kier molecular flexibility index (Phi) is 2.46. The quantitative estimate of drug-likeness (QED) is 0.478. The second-order valence-corrected chi connectivity index (χ2v) is 2.35. The Morgan fingerprint density at radius 2 is 2.30 bits per heavy atom. The van der Waals surface area contributed by atoms with Gasteiger partial charge in [0.05, 0.1) is 0 Å². The number of pyridine rings is 1. The van der Waals surface area contributed by atoms with Crippen molar-refractivity contribution in [3.8, 4) is 0 Å². The molecule has 0 amide bonds. The summed E-state index contributed by atoms with van der Waals surface area (Å²) in [5.41, 5.74) is 0.566. The van der Waals surface area contributed by atoms with Crippen LogP contribution >= 0.6 is 23.2 Å². The minimum atomic E-state index is -0.667. The molecule has 54 valence electrons. The largest absolute Gasteiger partial charge is 0.231 e. The first-order valence-electron chi connectivity index (χ1n) is 2.60. The van der Waals surface area contributed by atoms with Crippen LogP contribution in [-0.2, 0) is 5.88 Å². The van der Waals surface area contributed by atoms with E-state index in [-0.39, 0.29) is 10.9 Å². The molecule has 0 aliphatic rings. The van der Waals surface area contributed by atoms with E-state index in [1.165, 1.54) is 6.20 Å². The number of hydrogen-bond donors (Lipinski definition) is 0. The highest BCUT2D eigenvalue weighted by molar-refractivity contribution is 6.32. The molecule has 0 atom stereocenters. The van der Waals surface area contributed by atoms with E-state index < -0.39 is 5.95 Å². The van der Waals surface area contributed by atoms with Gasteiger partial charge in [0, 0.05) is 12.1 Å². The lowest BCUT2D eigenvalue weighted by Crippen LogP contribution is -1.87. The van der Waals surface area contributed by atoms with Gasteiger partial charge in [0.2, 0.25) is 5.95 Å². The molecule has 0 aliphatic carbocycles. The van der Waals surface area contributed by atoms with Gasteiger partial charge in [-0.25, -0.2) is 4.98 Å². The van der Waals surface area contributed by atoms with Crippen LogP contribution in [0.15, 0.2) is 12.3 Å². The third-order valence-corrected chi connectivity index (χ3v) is 1.76. The summed E-state index contributed by atoms with van der Waals surface area (Å²) in [6.45, 7) is 0. The van der Waals surface area contributed by atoms with Crippen LogP contribution in [-0.4, -0.2) is 4.98 Å². The molecule has 0 aliphatic heterocycles. The molecular formula is C6H4Cl2FN. The van der Waals surface area contributed by atoms with E-state index in [0.717, 1.165) is 0 Å². The van der Waals surface area contributed by atoms with Crippen LogP contribution in [0.5, 0.6) is 0 Å². The van der Waals surface area contributed by atoms with E-state index in [1.807, 2.05) is 0 Å². The molecule has 0 saturated heterocycles. The minimum Gasteiger partial charge on any atom is -0.227 e. The van der Waals surface area contributed by atoms with Crippen LogP contribution < -0.4 is 0 Å². The van der Waals surface area contributed by atoms with Crippen molar-refractivity contribution >= 4 is 23.2 Å². The fraction of sp³-hybridized carbons (Fsp3) is 0.167. The number of halogens is 3. The van der Waals surface area contributed by atoms with Gasteiger partial charge in [-0.15, -0.1) is 11.6 Å². The lowest BCUT2D eigenvalue weighted by Gasteiger charge is -1.97. The predicted molar refractivity (Wildman–Crippen MR) is 38.8 cm³/mol. The number of aromatic nitrogens is 1. The summed E-state index contributed by atoms with van der Waals surface area (Å²) in [7, 11) is 0. The zero-order chi connectivity index (χ0) is 7.56. The van der Waals surface area contributed by atoms with Crippen LogP contribution in [0.3, 0.4) is 0 Å². The van der Waals surface area contributed by atoms with E-state index >= 15 is 0 Å². The second-order valence-electron chi connectivity index (χ2n) is 1.71. The first-order valence-corrected chi connectivity index (χ1v) is 3.52. The topological polar surface area (TPSA) is 12.9 Å². The van der Waals surface area contributed by atoms with E-state index in [4.69, 9.17) is 23.2 Å². The maximum Gasteiger partial charge on any atom is 0.231 e. The van der Waals surface area contributed by atoms with Crippen LogP contribution in [0.4, 0.5) is 4.39 Å². The summed E-state index contributed by atoms with van der Waals surface area (Å²) in [4.78, 5) is 3.33. The van der Waals surface area contributed by atoms with E-state index in [2.05, 4.69) is 4.98 Å². The van der Waals surface area contributed by atoms with Gasteiger partial charge < -0.3 is 0 Å². The van der Waals surface area contributed by atoms with Crippen molar-refractivity contribution in [1.82, 2.24) is 4.98 Å². The third kappa shape index (κ3) is 1.39. The van der Waals surface area contributed by atoms with Crippen LogP contribution in [0.25, 0.3) is 0 Å². The van der Waals surface area contributed by atoms with Crippen molar-refractivity contribution in [3.05, 3.63) is 28.8 Å². The van der Waals surface area contributed by atoms with Crippen molar-refractivity contribution in [1.29, 1.82) is 0 Å². The molecule has 1 nitrogen and oxygen atoms in total. The Labute approximate surface area is 67.8 Å². The first kappa shape index (κ1) is 7.76. The van der Waals surface area contributed by atoms with Gasteiger partial charge in [0.25, 0.3) is 0 Å². The first-order chi connectivity index (χ1) is 4.75. The smallest absolute Gasteiger partial charge is 0.227 e. The highest BCUT2D eigenvalue weighted by Crippen LogP contribution is 2.18. The molecular weight excluding hydrogens is 176 g/mol. The number of hydrogen-bond acceptors (Lipinski definition) is 1. The average molecular weight is 180 g/mol. The van der Waals surface area contributed by atoms with Gasteiger partial charge in [-0.3, -0.25) is 0 Å². The molecule has 10 heavy (non-hydrogen) atoms. The third-order valence-electron chi connectivity index (χ3n) is 1.07. The van der Waals surface area contributed by atoms with Crippen LogP contribution in [0, 0.1) is 5.95 Å². The molecule has 0 spiro atoms. The molecule has 0 radical (unpaired) electrons. The Bertz CT molecular complexity index is 239. The van der Waals surface area contributed by atoms with Gasteiger partial charge >= 0.3 is 0 Å². The number of alkyl halides is 1. The lowest BCUT2D eigenvalue weighted by atomic mass is 10.3. The Morgan fingerprint density at radius 1 is 1.60 bits per heavy atom. The monoisotopic (exact) mass is 179 g/mol. The van der Waals surface area contributed by atoms with Crippen LogP contribution in [0.1, 0.15) is 5.56 Å². The Morgan fingerprint density at radius 3 is 2.80 bits per heavy atom. The molecule has 0 unspecified atom stereocenters. The maximum absolute atomic E-state index is 12.5. The molecule has 0 bridgehead atoms. The summed E-state index contributed by atoms with van der Waals surface area (Å²) in [6.07, 6.45) is 1.33. The zero-order valence-corrected chi connectivity index (χ0v) is 6.45. The SMILES string of the molecule is Fc1nccc(CCl)c1Cl. The van der Waals surface area contributed by atoms with Crippen molar-refractivity contribution < 1.29 is 4.39 Å². The average Bonchev–Trinajstić information content (AvgIpc) is 1.95. The normalized spacial score (nSPS) is 9.90. The molecule has 0 fully saturated rings. The fourth-order valence-corrected chi connectivity index (χ4v) is 1.03. The Hall–Kier alpha value is -0.340. The molecule has 0 saturated carbocycles. The van der Waals surface area contributed by atoms with E-state index in [0.29, 0.717) is 5.56 Å². The molecule has 0 aromatic carbocycles. The van der Waals surface area contributed by atoms with E-state index in [1.54, 1.807) is 6.07 Å².